The molecule has 1 unspecified atom stereocenters. The highest BCUT2D eigenvalue weighted by Gasteiger charge is 2.29. The molecule has 0 fully saturated rings. The summed E-state index contributed by atoms with van der Waals surface area (Å²) in [6.07, 6.45) is 7.24. The van der Waals surface area contributed by atoms with E-state index >= 15 is 0 Å². The summed E-state index contributed by atoms with van der Waals surface area (Å²) in [5.74, 6) is -0.290. The Hall–Kier alpha value is -3.22. The second-order valence-corrected chi connectivity index (χ2v) is 6.13. The van der Waals surface area contributed by atoms with Crippen molar-refractivity contribution >= 4 is 11.7 Å². The largest absolute Gasteiger partial charge is 0.369 e. The molecule has 6 nitrogen and oxygen atoms in total. The van der Waals surface area contributed by atoms with Gasteiger partial charge in [0.1, 0.15) is 5.82 Å². The Kier molecular flexibility index (Phi) is 3.49. The van der Waals surface area contributed by atoms with Gasteiger partial charge in [-0.1, -0.05) is 12.1 Å². The van der Waals surface area contributed by atoms with E-state index in [1.54, 1.807) is 24.0 Å². The number of carbonyl (C=O) groups excluding carboxylic acids is 1. The molecule has 4 rings (SSSR count). The molecular weight excluding hydrogens is 321 g/mol. The van der Waals surface area contributed by atoms with Crippen molar-refractivity contribution in [3.63, 3.8) is 0 Å². The smallest absolute Gasteiger partial charge is 0.197 e. The van der Waals surface area contributed by atoms with E-state index in [4.69, 9.17) is 5.73 Å². The van der Waals surface area contributed by atoms with Crippen LogP contribution in [0.15, 0.2) is 59.1 Å². The van der Waals surface area contributed by atoms with E-state index in [0.29, 0.717) is 17.7 Å². The third-order valence-electron chi connectivity index (χ3n) is 4.39. The fourth-order valence-corrected chi connectivity index (χ4v) is 3.23. The molecule has 2 heterocycles. The SMILES string of the molecule is Cn1cc(-c2cc(F)ccc2C2C=C3NC(N)=NC=C3C(=O)C2)cn1. The van der Waals surface area contributed by atoms with Gasteiger partial charge in [-0.05, 0) is 23.3 Å². The molecule has 1 aromatic carbocycles. The lowest BCUT2D eigenvalue weighted by Crippen LogP contribution is -2.36. The minimum Gasteiger partial charge on any atom is -0.369 e. The summed E-state index contributed by atoms with van der Waals surface area (Å²) in [5, 5.41) is 7.09. The van der Waals surface area contributed by atoms with Crippen LogP contribution in [0.4, 0.5) is 4.39 Å². The molecule has 0 amide bonds. The topological polar surface area (TPSA) is 85.3 Å². The molecule has 25 heavy (non-hydrogen) atoms. The van der Waals surface area contributed by atoms with Gasteiger partial charge in [-0.15, -0.1) is 0 Å². The molecule has 126 valence electrons. The number of hydrogen-bond donors (Lipinski definition) is 2. The standard InChI is InChI=1S/C18H16FN5O/c1-24-9-11(7-22-24)14-6-12(19)2-3-13(14)10-4-16-15(17(25)5-10)8-21-18(20)23-16/h2-4,6-10H,5H2,1H3,(H3,20,21,23). The molecule has 0 radical (unpaired) electrons. The van der Waals surface area contributed by atoms with Crippen molar-refractivity contribution in [1.82, 2.24) is 15.1 Å². The van der Waals surface area contributed by atoms with Crippen LogP contribution in [0.3, 0.4) is 0 Å². The van der Waals surface area contributed by atoms with Crippen molar-refractivity contribution in [3.05, 3.63) is 65.5 Å². The van der Waals surface area contributed by atoms with Gasteiger partial charge < -0.3 is 11.1 Å². The summed E-state index contributed by atoms with van der Waals surface area (Å²) >= 11 is 0. The molecule has 0 bridgehead atoms. The third kappa shape index (κ3) is 2.73. The van der Waals surface area contributed by atoms with Gasteiger partial charge in [-0.2, -0.15) is 5.10 Å². The first-order valence-electron chi connectivity index (χ1n) is 7.85. The number of aryl methyl sites for hydroxylation is 1. The molecule has 1 aliphatic carbocycles. The van der Waals surface area contributed by atoms with E-state index in [1.807, 2.05) is 12.3 Å². The Balaban J connectivity index is 1.81. The molecule has 1 aliphatic heterocycles. The zero-order chi connectivity index (χ0) is 17.6. The molecular formula is C18H16FN5O. The molecule has 0 saturated carbocycles. The Morgan fingerprint density at radius 3 is 3.00 bits per heavy atom. The third-order valence-corrected chi connectivity index (χ3v) is 4.39. The van der Waals surface area contributed by atoms with E-state index in [9.17, 15) is 9.18 Å². The van der Waals surface area contributed by atoms with Crippen molar-refractivity contribution in [2.45, 2.75) is 12.3 Å². The van der Waals surface area contributed by atoms with Crippen molar-refractivity contribution in [2.24, 2.45) is 17.8 Å². The van der Waals surface area contributed by atoms with E-state index in [1.165, 1.54) is 18.3 Å². The number of hydrogen-bond acceptors (Lipinski definition) is 5. The number of nitrogens with two attached hydrogens (primary N) is 1. The number of nitrogens with one attached hydrogen (secondary N) is 1. The summed E-state index contributed by atoms with van der Waals surface area (Å²) in [4.78, 5) is 16.4. The maximum absolute atomic E-state index is 13.8. The molecule has 1 atom stereocenters. The van der Waals surface area contributed by atoms with Crippen molar-refractivity contribution in [1.29, 1.82) is 0 Å². The minimum atomic E-state index is -0.329. The highest BCUT2D eigenvalue weighted by Crippen LogP contribution is 2.37. The Labute approximate surface area is 143 Å². The highest BCUT2D eigenvalue weighted by atomic mass is 19.1. The van der Waals surface area contributed by atoms with Gasteiger partial charge in [-0.3, -0.25) is 9.48 Å². The molecule has 7 heteroatoms. The van der Waals surface area contributed by atoms with E-state index in [2.05, 4.69) is 15.4 Å². The van der Waals surface area contributed by atoms with Gasteiger partial charge in [0.25, 0.3) is 0 Å². The lowest BCUT2D eigenvalue weighted by Gasteiger charge is -2.26. The van der Waals surface area contributed by atoms with E-state index < -0.39 is 0 Å². The maximum Gasteiger partial charge on any atom is 0.197 e. The van der Waals surface area contributed by atoms with Crippen LogP contribution in [-0.4, -0.2) is 21.5 Å². The maximum atomic E-state index is 13.8. The van der Waals surface area contributed by atoms with Crippen LogP contribution in [0.25, 0.3) is 11.1 Å². The van der Waals surface area contributed by atoms with Crippen LogP contribution in [0, 0.1) is 5.82 Å². The molecule has 0 spiro atoms. The molecule has 0 saturated heterocycles. The first kappa shape index (κ1) is 15.3. The van der Waals surface area contributed by atoms with Crippen LogP contribution in [0.5, 0.6) is 0 Å². The number of benzene rings is 1. The number of allylic oxidation sites excluding steroid dienone is 2. The van der Waals surface area contributed by atoms with Gasteiger partial charge in [0.2, 0.25) is 0 Å². The van der Waals surface area contributed by atoms with Crippen LogP contribution < -0.4 is 11.1 Å². The number of nitrogens with zero attached hydrogens (tertiary/aromatic N) is 3. The number of aromatic nitrogens is 2. The molecule has 1 aromatic heterocycles. The molecule has 3 N–H and O–H groups in total. The van der Waals surface area contributed by atoms with Crippen LogP contribution >= 0.6 is 0 Å². The number of fused-ring (bicyclic) bond motifs is 1. The van der Waals surface area contributed by atoms with Gasteiger partial charge >= 0.3 is 0 Å². The summed E-state index contributed by atoms with van der Waals surface area (Å²) < 4.78 is 15.5. The second kappa shape index (κ2) is 5.70. The average molecular weight is 337 g/mol. The second-order valence-electron chi connectivity index (χ2n) is 6.13. The van der Waals surface area contributed by atoms with Gasteiger partial charge in [0.05, 0.1) is 11.8 Å². The summed E-state index contributed by atoms with van der Waals surface area (Å²) in [6.45, 7) is 0. The van der Waals surface area contributed by atoms with Crippen LogP contribution in [0.1, 0.15) is 17.9 Å². The monoisotopic (exact) mass is 337 g/mol. The predicted molar refractivity (Wildman–Crippen MR) is 91.9 cm³/mol. The zero-order valence-corrected chi connectivity index (χ0v) is 13.5. The normalized spacial score (nSPS) is 19.5. The number of carbonyl (C=O) groups is 1. The number of aliphatic imine (C=N–C) groups is 1. The first-order valence-corrected chi connectivity index (χ1v) is 7.85. The predicted octanol–water partition coefficient (Wildman–Crippen LogP) is 1.97. The number of guanidine groups is 1. The van der Waals surface area contributed by atoms with Crippen LogP contribution in [-0.2, 0) is 11.8 Å². The van der Waals surface area contributed by atoms with Gasteiger partial charge in [-0.25, -0.2) is 9.38 Å². The number of halogens is 1. The van der Waals surface area contributed by atoms with E-state index in [0.717, 1.165) is 16.7 Å². The van der Waals surface area contributed by atoms with Gasteiger partial charge in [0.15, 0.2) is 11.7 Å². The summed E-state index contributed by atoms with van der Waals surface area (Å²) in [5.41, 5.74) is 9.28. The summed E-state index contributed by atoms with van der Waals surface area (Å²) in [6, 6.07) is 4.61. The van der Waals surface area contributed by atoms with Crippen molar-refractivity contribution in [3.8, 4) is 11.1 Å². The fourth-order valence-electron chi connectivity index (χ4n) is 3.23. The Morgan fingerprint density at radius 2 is 2.24 bits per heavy atom. The van der Waals surface area contributed by atoms with E-state index in [-0.39, 0.29) is 23.5 Å². The molecule has 2 aromatic rings. The minimum absolute atomic E-state index is 0.0206. The van der Waals surface area contributed by atoms with Crippen molar-refractivity contribution in [2.75, 3.05) is 0 Å². The van der Waals surface area contributed by atoms with Crippen LogP contribution in [0.2, 0.25) is 0 Å². The molecule has 2 aliphatic rings. The lowest BCUT2D eigenvalue weighted by atomic mass is 9.81. The highest BCUT2D eigenvalue weighted by molar-refractivity contribution is 6.04. The number of Topliss-reactive ketones (excluding diaryl/α,β-unsaturated/α-hetero) is 1. The van der Waals surface area contributed by atoms with Crippen molar-refractivity contribution < 1.29 is 9.18 Å². The average Bonchev–Trinajstić information content (AvgIpc) is 3.00. The number of ketones is 1. The fraction of sp³-hybridized carbons (Fsp3) is 0.167. The van der Waals surface area contributed by atoms with Gasteiger partial charge in [0, 0.05) is 43.0 Å². The lowest BCUT2D eigenvalue weighted by molar-refractivity contribution is -0.115. The quantitative estimate of drug-likeness (QED) is 0.877. The Bertz CT molecular complexity index is 970. The zero-order valence-electron chi connectivity index (χ0n) is 13.5. The number of rotatable bonds is 2. The summed E-state index contributed by atoms with van der Waals surface area (Å²) in [7, 11) is 1.81. The Morgan fingerprint density at radius 1 is 1.40 bits per heavy atom. The first-order chi connectivity index (χ1) is 12.0.